The Morgan fingerprint density at radius 2 is 1.39 bits per heavy atom. The number of carbonyl (C=O) groups excluding carboxylic acids is 2. The van der Waals surface area contributed by atoms with E-state index in [9.17, 15) is 9.59 Å². The van der Waals surface area contributed by atoms with Crippen LogP contribution in [0.15, 0.2) is 97.1 Å². The van der Waals surface area contributed by atoms with E-state index in [0.717, 1.165) is 22.0 Å². The summed E-state index contributed by atoms with van der Waals surface area (Å²) < 4.78 is 0. The van der Waals surface area contributed by atoms with Crippen molar-refractivity contribution in [2.45, 2.75) is 12.1 Å². The lowest BCUT2D eigenvalue weighted by atomic mass is 9.87. The number of anilines is 2. The Balaban J connectivity index is 1.50. The molecule has 0 saturated carbocycles. The van der Waals surface area contributed by atoms with E-state index in [1.54, 1.807) is 29.3 Å². The van der Waals surface area contributed by atoms with E-state index in [-0.39, 0.29) is 11.8 Å². The number of fused-ring (bicyclic) bond motifs is 2. The van der Waals surface area contributed by atoms with E-state index in [4.69, 9.17) is 16.4 Å². The number of rotatable bonds is 3. The number of hydrogen-bond donors (Lipinski definition) is 0. The smallest absolute Gasteiger partial charge is 0.266 e. The van der Waals surface area contributed by atoms with Gasteiger partial charge in [-0.2, -0.15) is 0 Å². The SMILES string of the molecule is O=C1[C@@H]2[C@@H](ON(c3ccccc3)[C@H]2c2cccc3ccccc23)C(=O)N1c1ccc(Cl)cc1. The molecule has 2 heterocycles. The summed E-state index contributed by atoms with van der Waals surface area (Å²) in [5, 5.41) is 4.36. The largest absolute Gasteiger partial charge is 0.273 e. The normalized spacial score (nSPS) is 22.3. The molecule has 5 nitrogen and oxygen atoms in total. The first-order valence-electron chi connectivity index (χ1n) is 10.8. The van der Waals surface area contributed by atoms with Gasteiger partial charge in [0.05, 0.1) is 17.4 Å². The Hall–Kier alpha value is -3.67. The van der Waals surface area contributed by atoms with Crippen LogP contribution in [-0.2, 0) is 14.4 Å². The van der Waals surface area contributed by atoms with E-state index in [2.05, 4.69) is 0 Å². The van der Waals surface area contributed by atoms with Crippen LogP contribution in [0, 0.1) is 5.92 Å². The van der Waals surface area contributed by atoms with Crippen LogP contribution in [0.1, 0.15) is 11.6 Å². The number of imide groups is 1. The lowest BCUT2D eigenvalue weighted by Crippen LogP contribution is -2.37. The zero-order valence-electron chi connectivity index (χ0n) is 17.5. The van der Waals surface area contributed by atoms with Gasteiger partial charge in [0.1, 0.15) is 5.92 Å². The van der Waals surface area contributed by atoms with Gasteiger partial charge in [-0.25, -0.2) is 9.96 Å². The molecule has 0 aromatic heterocycles. The molecule has 4 aromatic carbocycles. The van der Waals surface area contributed by atoms with Gasteiger partial charge in [-0.1, -0.05) is 72.3 Å². The summed E-state index contributed by atoms with van der Waals surface area (Å²) in [4.78, 5) is 34.6. The van der Waals surface area contributed by atoms with E-state index >= 15 is 0 Å². The zero-order chi connectivity index (χ0) is 22.5. The highest BCUT2D eigenvalue weighted by Gasteiger charge is 2.60. The van der Waals surface area contributed by atoms with Crippen molar-refractivity contribution in [1.82, 2.24) is 0 Å². The van der Waals surface area contributed by atoms with Gasteiger partial charge < -0.3 is 0 Å². The van der Waals surface area contributed by atoms with Crippen LogP contribution in [0.5, 0.6) is 0 Å². The van der Waals surface area contributed by atoms with Crippen LogP contribution in [0.25, 0.3) is 10.8 Å². The molecule has 0 unspecified atom stereocenters. The van der Waals surface area contributed by atoms with Crippen LogP contribution in [0.2, 0.25) is 5.02 Å². The predicted molar refractivity (Wildman–Crippen MR) is 128 cm³/mol. The summed E-state index contributed by atoms with van der Waals surface area (Å²) in [6.45, 7) is 0. The number of amides is 2. The van der Waals surface area contributed by atoms with Crippen LogP contribution in [0.4, 0.5) is 11.4 Å². The van der Waals surface area contributed by atoms with Gasteiger partial charge in [0.25, 0.3) is 5.91 Å². The second-order valence-electron chi connectivity index (χ2n) is 8.21. The minimum atomic E-state index is -0.905. The quantitative estimate of drug-likeness (QED) is 0.381. The molecule has 0 bridgehead atoms. The van der Waals surface area contributed by atoms with Crippen molar-refractivity contribution in [2.24, 2.45) is 5.92 Å². The maximum atomic E-state index is 13.7. The second kappa shape index (κ2) is 7.73. The van der Waals surface area contributed by atoms with E-state index in [1.165, 1.54) is 4.90 Å². The average Bonchev–Trinajstić information content (AvgIpc) is 3.36. The molecule has 3 atom stereocenters. The van der Waals surface area contributed by atoms with Crippen molar-refractivity contribution in [1.29, 1.82) is 0 Å². The first-order chi connectivity index (χ1) is 16.1. The summed E-state index contributed by atoms with van der Waals surface area (Å²) in [7, 11) is 0. The Morgan fingerprint density at radius 3 is 2.18 bits per heavy atom. The summed E-state index contributed by atoms with van der Waals surface area (Å²) in [5.41, 5.74) is 2.24. The highest BCUT2D eigenvalue weighted by Crippen LogP contribution is 2.48. The van der Waals surface area contributed by atoms with Gasteiger partial charge >= 0.3 is 0 Å². The minimum Gasteiger partial charge on any atom is -0.273 e. The third-order valence-corrected chi connectivity index (χ3v) is 6.60. The van der Waals surface area contributed by atoms with Crippen molar-refractivity contribution in [2.75, 3.05) is 9.96 Å². The number of hydroxylamine groups is 1. The first kappa shape index (κ1) is 20.0. The second-order valence-corrected chi connectivity index (χ2v) is 8.65. The monoisotopic (exact) mass is 454 g/mol. The maximum Gasteiger partial charge on any atom is 0.266 e. The van der Waals surface area contributed by atoms with E-state index in [1.807, 2.05) is 72.8 Å². The van der Waals surface area contributed by atoms with Crippen LogP contribution in [-0.4, -0.2) is 17.9 Å². The molecular formula is C27H19ClN2O3. The minimum absolute atomic E-state index is 0.274. The fourth-order valence-electron chi connectivity index (χ4n) is 4.88. The summed E-state index contributed by atoms with van der Waals surface area (Å²) >= 11 is 6.01. The predicted octanol–water partition coefficient (Wildman–Crippen LogP) is 5.54. The molecule has 2 saturated heterocycles. The summed E-state index contributed by atoms with van der Waals surface area (Å²) in [6.07, 6.45) is -0.905. The molecule has 0 radical (unpaired) electrons. The summed E-state index contributed by atoms with van der Waals surface area (Å²) in [6, 6.07) is 29.9. The highest BCUT2D eigenvalue weighted by molar-refractivity contribution is 6.31. The van der Waals surface area contributed by atoms with Crippen molar-refractivity contribution in [3.63, 3.8) is 0 Å². The number of benzene rings is 4. The van der Waals surface area contributed by atoms with Crippen molar-refractivity contribution in [3.05, 3.63) is 108 Å². The third-order valence-electron chi connectivity index (χ3n) is 6.35. The molecule has 2 aliphatic heterocycles. The molecule has 0 N–H and O–H groups in total. The molecule has 6 rings (SSSR count). The molecule has 2 fully saturated rings. The van der Waals surface area contributed by atoms with E-state index in [0.29, 0.717) is 10.7 Å². The molecule has 33 heavy (non-hydrogen) atoms. The highest BCUT2D eigenvalue weighted by atomic mass is 35.5. The molecule has 162 valence electrons. The topological polar surface area (TPSA) is 49.9 Å². The third kappa shape index (κ3) is 3.12. The van der Waals surface area contributed by atoms with Gasteiger partial charge in [0, 0.05) is 5.02 Å². The van der Waals surface area contributed by atoms with E-state index < -0.39 is 18.1 Å². The van der Waals surface area contributed by atoms with Crippen LogP contribution in [0.3, 0.4) is 0 Å². The average molecular weight is 455 g/mol. The number of carbonyl (C=O) groups is 2. The Labute approximate surface area is 195 Å². The number of nitrogens with zero attached hydrogens (tertiary/aromatic N) is 2. The summed E-state index contributed by atoms with van der Waals surface area (Å²) in [5.74, 6) is -1.32. The standard InChI is InChI=1S/C27H19ClN2O3/c28-18-13-15-19(16-14-18)29-26(31)23-24(22-12-6-8-17-7-4-5-11-21(17)22)30(33-25(23)27(29)32)20-9-2-1-3-10-20/h1-16,23-25H/t23-,24-,25+/m0/s1. The molecule has 2 amide bonds. The van der Waals surface area contributed by atoms with Gasteiger partial charge in [0.15, 0.2) is 6.10 Å². The molecule has 2 aliphatic rings. The van der Waals surface area contributed by atoms with Gasteiger partial charge in [0.2, 0.25) is 5.91 Å². The molecule has 0 spiro atoms. The van der Waals surface area contributed by atoms with Gasteiger partial charge in [-0.3, -0.25) is 14.4 Å². The molecular weight excluding hydrogens is 436 g/mol. The lowest BCUT2D eigenvalue weighted by molar-refractivity contribution is -0.126. The molecule has 6 heteroatoms. The molecule has 4 aromatic rings. The van der Waals surface area contributed by atoms with Crippen molar-refractivity contribution in [3.8, 4) is 0 Å². The van der Waals surface area contributed by atoms with Gasteiger partial charge in [-0.05, 0) is 52.7 Å². The zero-order valence-corrected chi connectivity index (χ0v) is 18.2. The Bertz CT molecular complexity index is 1370. The maximum absolute atomic E-state index is 13.7. The fourth-order valence-corrected chi connectivity index (χ4v) is 5.01. The van der Waals surface area contributed by atoms with Crippen LogP contribution < -0.4 is 9.96 Å². The number of para-hydroxylation sites is 1. The fraction of sp³-hybridized carbons (Fsp3) is 0.111. The number of halogens is 1. The Kier molecular flexibility index (Phi) is 4.68. The lowest BCUT2D eigenvalue weighted by Gasteiger charge is -2.29. The molecule has 0 aliphatic carbocycles. The van der Waals surface area contributed by atoms with Crippen molar-refractivity contribution >= 4 is 45.6 Å². The van der Waals surface area contributed by atoms with Crippen molar-refractivity contribution < 1.29 is 14.4 Å². The number of hydrogen-bond acceptors (Lipinski definition) is 4. The first-order valence-corrected chi connectivity index (χ1v) is 11.1. The van der Waals surface area contributed by atoms with Crippen LogP contribution >= 0.6 is 11.6 Å². The van der Waals surface area contributed by atoms with Gasteiger partial charge in [-0.15, -0.1) is 0 Å². The Morgan fingerprint density at radius 1 is 0.697 bits per heavy atom.